The quantitative estimate of drug-likeness (QED) is 0.772. The van der Waals surface area contributed by atoms with Gasteiger partial charge in [0.25, 0.3) is 0 Å². The van der Waals surface area contributed by atoms with Crippen LogP contribution in [0.4, 0.5) is 0 Å². The highest BCUT2D eigenvalue weighted by Crippen LogP contribution is 2.49. The molecule has 0 bridgehead atoms. The summed E-state index contributed by atoms with van der Waals surface area (Å²) in [6.07, 6.45) is 2.80. The summed E-state index contributed by atoms with van der Waals surface area (Å²) in [5.74, 6) is 0.705. The Labute approximate surface area is 137 Å². The fraction of sp³-hybridized carbons (Fsp3) is 0.632. The molecule has 2 nitrogen and oxygen atoms in total. The van der Waals surface area contributed by atoms with E-state index in [4.69, 9.17) is 4.43 Å². The number of hydrogen-bond donors (Lipinski definition) is 0. The fourth-order valence-electron chi connectivity index (χ4n) is 3.96. The Balaban J connectivity index is 2.54. The van der Waals surface area contributed by atoms with Crippen LogP contribution >= 0.6 is 0 Å². The molecule has 0 N–H and O–H groups in total. The van der Waals surface area contributed by atoms with E-state index in [0.29, 0.717) is 24.7 Å². The minimum absolute atomic E-state index is 0.0911. The first kappa shape index (κ1) is 17.4. The van der Waals surface area contributed by atoms with Gasteiger partial charge in [-0.3, -0.25) is 4.79 Å². The van der Waals surface area contributed by atoms with E-state index in [1.807, 2.05) is 18.2 Å². The zero-order valence-electron chi connectivity index (χ0n) is 14.7. The second-order valence-corrected chi connectivity index (χ2v) is 10.4. The summed E-state index contributed by atoms with van der Waals surface area (Å²) in [5.41, 5.74) is 0.775. The first-order chi connectivity index (χ1) is 10.3. The van der Waals surface area contributed by atoms with Gasteiger partial charge in [0.2, 0.25) is 0 Å². The molecule has 0 heterocycles. The normalized spacial score (nSPS) is 26.5. The molecule has 0 unspecified atom stereocenters. The standard InChI is InChI=1S/C19H30O2Si/c1-18(2,3)16-12-9-13-17(20)19(16,14-21-22(4)5)15-10-7-6-8-11-15/h6-8,10-11,16,22H,9,12-14H2,1-5H3/t16-,19-/m0/s1. The van der Waals surface area contributed by atoms with Crippen molar-refractivity contribution in [1.29, 1.82) is 0 Å². The van der Waals surface area contributed by atoms with E-state index in [-0.39, 0.29) is 5.41 Å². The molecule has 0 aliphatic heterocycles. The van der Waals surface area contributed by atoms with Crippen molar-refractivity contribution in [3.63, 3.8) is 0 Å². The van der Waals surface area contributed by atoms with E-state index < -0.39 is 14.5 Å². The Morgan fingerprint density at radius 2 is 1.86 bits per heavy atom. The number of rotatable bonds is 4. The molecule has 1 fully saturated rings. The van der Waals surface area contributed by atoms with E-state index in [0.717, 1.165) is 18.4 Å². The highest BCUT2D eigenvalue weighted by atomic mass is 28.3. The van der Waals surface area contributed by atoms with Crippen LogP contribution in [0.25, 0.3) is 0 Å². The number of Topliss-reactive ketones (excluding diaryl/α,β-unsaturated/α-hetero) is 1. The third kappa shape index (κ3) is 3.36. The van der Waals surface area contributed by atoms with Crippen LogP contribution < -0.4 is 0 Å². The summed E-state index contributed by atoms with van der Waals surface area (Å²) in [4.78, 5) is 13.1. The van der Waals surface area contributed by atoms with Gasteiger partial charge >= 0.3 is 0 Å². The monoisotopic (exact) mass is 318 g/mol. The van der Waals surface area contributed by atoms with Crippen LogP contribution in [0, 0.1) is 11.3 Å². The molecular formula is C19H30O2Si. The molecule has 0 amide bonds. The van der Waals surface area contributed by atoms with Crippen LogP contribution in [0.1, 0.15) is 45.6 Å². The molecule has 0 aromatic heterocycles. The molecule has 0 spiro atoms. The first-order valence-electron chi connectivity index (χ1n) is 8.49. The maximum absolute atomic E-state index is 13.1. The topological polar surface area (TPSA) is 26.3 Å². The lowest BCUT2D eigenvalue weighted by molar-refractivity contribution is -0.134. The van der Waals surface area contributed by atoms with Gasteiger partial charge in [-0.25, -0.2) is 0 Å². The van der Waals surface area contributed by atoms with Crippen LogP contribution in [0.15, 0.2) is 30.3 Å². The number of carbonyl (C=O) groups excluding carboxylic acids is 1. The van der Waals surface area contributed by atoms with E-state index in [9.17, 15) is 4.79 Å². The van der Waals surface area contributed by atoms with Gasteiger partial charge in [0, 0.05) is 6.42 Å². The molecular weight excluding hydrogens is 288 g/mol. The molecule has 122 valence electrons. The fourth-order valence-corrected chi connectivity index (χ4v) is 4.56. The average Bonchev–Trinajstić information content (AvgIpc) is 2.46. The Morgan fingerprint density at radius 3 is 2.41 bits per heavy atom. The number of ketones is 1. The molecule has 2 rings (SSSR count). The smallest absolute Gasteiger partial charge is 0.170 e. The summed E-state index contributed by atoms with van der Waals surface area (Å²) in [6, 6.07) is 10.4. The van der Waals surface area contributed by atoms with Crippen molar-refractivity contribution >= 4 is 14.8 Å². The summed E-state index contributed by atoms with van der Waals surface area (Å²) in [5, 5.41) is 0. The third-order valence-corrected chi connectivity index (χ3v) is 5.80. The van der Waals surface area contributed by atoms with E-state index in [1.165, 1.54) is 0 Å². The summed E-state index contributed by atoms with van der Waals surface area (Å²) < 4.78 is 6.15. The lowest BCUT2D eigenvalue weighted by Gasteiger charge is -2.49. The second-order valence-electron chi connectivity index (χ2n) is 7.93. The summed E-state index contributed by atoms with van der Waals surface area (Å²) >= 11 is 0. The van der Waals surface area contributed by atoms with Gasteiger partial charge in [-0.1, -0.05) is 51.1 Å². The van der Waals surface area contributed by atoms with Gasteiger partial charge < -0.3 is 4.43 Å². The van der Waals surface area contributed by atoms with Crippen LogP contribution in [-0.4, -0.2) is 21.4 Å². The van der Waals surface area contributed by atoms with Crippen molar-refractivity contribution < 1.29 is 9.22 Å². The number of benzene rings is 1. The molecule has 1 saturated carbocycles. The first-order valence-corrected chi connectivity index (χ1v) is 11.3. The zero-order chi connectivity index (χ0) is 16.4. The predicted molar refractivity (Wildman–Crippen MR) is 94.8 cm³/mol. The van der Waals surface area contributed by atoms with E-state index in [1.54, 1.807) is 0 Å². The average molecular weight is 319 g/mol. The molecule has 1 aliphatic rings. The molecule has 0 radical (unpaired) electrons. The van der Waals surface area contributed by atoms with Gasteiger partial charge in [0.05, 0.1) is 12.0 Å². The van der Waals surface area contributed by atoms with Crippen molar-refractivity contribution in [3.8, 4) is 0 Å². The molecule has 2 atom stereocenters. The molecule has 1 aromatic carbocycles. The molecule has 1 aromatic rings. The summed E-state index contributed by atoms with van der Waals surface area (Å²) in [7, 11) is -1.17. The highest BCUT2D eigenvalue weighted by Gasteiger charge is 2.52. The number of hydrogen-bond acceptors (Lipinski definition) is 2. The van der Waals surface area contributed by atoms with Gasteiger partial charge in [-0.15, -0.1) is 0 Å². The van der Waals surface area contributed by atoms with Crippen molar-refractivity contribution in [2.45, 2.75) is 58.5 Å². The van der Waals surface area contributed by atoms with Crippen molar-refractivity contribution in [1.82, 2.24) is 0 Å². The molecule has 0 saturated heterocycles. The van der Waals surface area contributed by atoms with Crippen LogP contribution in [0.5, 0.6) is 0 Å². The van der Waals surface area contributed by atoms with Crippen LogP contribution in [0.2, 0.25) is 13.1 Å². The SMILES string of the molecule is C[SiH](C)OC[C@@]1(c2ccccc2)C(=O)CCC[C@H]1C(C)(C)C. The summed E-state index contributed by atoms with van der Waals surface area (Å²) in [6.45, 7) is 11.7. The highest BCUT2D eigenvalue weighted by molar-refractivity contribution is 6.48. The second kappa shape index (κ2) is 6.67. The number of carbonyl (C=O) groups is 1. The van der Waals surface area contributed by atoms with Crippen molar-refractivity contribution in [2.24, 2.45) is 11.3 Å². The minimum Gasteiger partial charge on any atom is -0.419 e. The molecule has 3 heteroatoms. The third-order valence-electron chi connectivity index (χ3n) is 4.97. The molecule has 22 heavy (non-hydrogen) atoms. The zero-order valence-corrected chi connectivity index (χ0v) is 15.8. The Hall–Kier alpha value is -0.933. The largest absolute Gasteiger partial charge is 0.419 e. The maximum Gasteiger partial charge on any atom is 0.170 e. The van der Waals surface area contributed by atoms with Gasteiger partial charge in [-0.05, 0) is 42.8 Å². The van der Waals surface area contributed by atoms with Gasteiger partial charge in [0.15, 0.2) is 9.04 Å². The maximum atomic E-state index is 13.1. The van der Waals surface area contributed by atoms with Crippen molar-refractivity contribution in [2.75, 3.05) is 6.61 Å². The van der Waals surface area contributed by atoms with Gasteiger partial charge in [0.1, 0.15) is 5.78 Å². The lowest BCUT2D eigenvalue weighted by atomic mass is 9.55. The predicted octanol–water partition coefficient (Wildman–Crippen LogP) is 4.34. The minimum atomic E-state index is -1.17. The lowest BCUT2D eigenvalue weighted by Crippen LogP contribution is -2.54. The Morgan fingerprint density at radius 1 is 1.23 bits per heavy atom. The van der Waals surface area contributed by atoms with Crippen molar-refractivity contribution in [3.05, 3.63) is 35.9 Å². The Bertz CT molecular complexity index is 504. The van der Waals surface area contributed by atoms with E-state index in [2.05, 4.69) is 46.0 Å². The van der Waals surface area contributed by atoms with Crippen LogP contribution in [0.3, 0.4) is 0 Å². The van der Waals surface area contributed by atoms with E-state index >= 15 is 0 Å². The molecule has 1 aliphatic carbocycles. The van der Waals surface area contributed by atoms with Gasteiger partial charge in [-0.2, -0.15) is 0 Å². The van der Waals surface area contributed by atoms with Crippen LogP contribution in [-0.2, 0) is 14.6 Å². The Kier molecular flexibility index (Phi) is 5.28.